The molecule has 5 heteroatoms. The SMILES string of the molecule is C#CCCOC(=O)C(F)(F)Cl. The largest absolute Gasteiger partial charge is 0.459 e. The Bertz CT molecular complexity index is 180. The normalized spacial score (nSPS) is 10.4. The lowest BCUT2D eigenvalue weighted by Crippen LogP contribution is -2.24. The van der Waals surface area contributed by atoms with Crippen molar-refractivity contribution in [3.8, 4) is 12.3 Å². The van der Waals surface area contributed by atoms with Crippen molar-refractivity contribution in [2.24, 2.45) is 0 Å². The minimum absolute atomic E-state index is 0.0959. The van der Waals surface area contributed by atoms with Gasteiger partial charge in [0.1, 0.15) is 6.61 Å². The molecule has 0 atom stereocenters. The second-order valence-corrected chi connectivity index (χ2v) is 2.06. The Morgan fingerprint density at radius 1 is 1.73 bits per heavy atom. The van der Waals surface area contributed by atoms with Crippen molar-refractivity contribution in [3.05, 3.63) is 0 Å². The summed E-state index contributed by atoms with van der Waals surface area (Å²) in [6.07, 6.45) is 4.86. The molecule has 0 N–H and O–H groups in total. The minimum atomic E-state index is -3.95. The van der Waals surface area contributed by atoms with Gasteiger partial charge in [0, 0.05) is 6.42 Å². The molecule has 0 rings (SSSR count). The molecule has 0 bridgehead atoms. The highest BCUT2D eigenvalue weighted by Gasteiger charge is 2.37. The Morgan fingerprint density at radius 3 is 2.64 bits per heavy atom. The summed E-state index contributed by atoms with van der Waals surface area (Å²) in [5.41, 5.74) is 0. The van der Waals surface area contributed by atoms with Gasteiger partial charge in [0.2, 0.25) is 0 Å². The van der Waals surface area contributed by atoms with Crippen LogP contribution in [0.5, 0.6) is 0 Å². The average Bonchev–Trinajstić information content (AvgIpc) is 1.86. The van der Waals surface area contributed by atoms with Crippen LogP contribution in [0.15, 0.2) is 0 Å². The maximum absolute atomic E-state index is 11.8. The smallest absolute Gasteiger partial charge is 0.417 e. The highest BCUT2D eigenvalue weighted by Crippen LogP contribution is 2.20. The first-order valence-electron chi connectivity index (χ1n) is 2.66. The van der Waals surface area contributed by atoms with Gasteiger partial charge in [-0.3, -0.25) is 0 Å². The third-order valence-electron chi connectivity index (χ3n) is 0.711. The number of ether oxygens (including phenoxy) is 1. The Kier molecular flexibility index (Phi) is 3.83. The third-order valence-corrected chi connectivity index (χ3v) is 0.865. The van der Waals surface area contributed by atoms with E-state index in [1.807, 2.05) is 0 Å². The van der Waals surface area contributed by atoms with Gasteiger partial charge in [-0.05, 0) is 11.6 Å². The zero-order valence-corrected chi connectivity index (χ0v) is 6.20. The van der Waals surface area contributed by atoms with Crippen LogP contribution in [0, 0.1) is 12.3 Å². The Balaban J connectivity index is 3.64. The molecule has 62 valence electrons. The van der Waals surface area contributed by atoms with E-state index in [2.05, 4.69) is 22.3 Å². The van der Waals surface area contributed by atoms with E-state index >= 15 is 0 Å². The summed E-state index contributed by atoms with van der Waals surface area (Å²) in [5, 5.41) is -3.95. The third kappa shape index (κ3) is 4.57. The molecule has 0 spiro atoms. The van der Waals surface area contributed by atoms with Gasteiger partial charge in [-0.15, -0.1) is 12.3 Å². The van der Waals surface area contributed by atoms with Crippen molar-refractivity contribution in [2.45, 2.75) is 11.8 Å². The molecule has 0 heterocycles. The zero-order chi connectivity index (χ0) is 8.91. The van der Waals surface area contributed by atoms with Crippen LogP contribution in [0.25, 0.3) is 0 Å². The lowest BCUT2D eigenvalue weighted by Gasteiger charge is -2.05. The van der Waals surface area contributed by atoms with Gasteiger partial charge in [0.25, 0.3) is 0 Å². The van der Waals surface area contributed by atoms with Crippen LogP contribution in [-0.2, 0) is 9.53 Å². The number of carbonyl (C=O) groups is 1. The summed E-state index contributed by atoms with van der Waals surface area (Å²) in [4.78, 5) is 10.2. The quantitative estimate of drug-likeness (QED) is 0.285. The number of hydrogen-bond acceptors (Lipinski definition) is 2. The van der Waals surface area contributed by atoms with E-state index in [-0.39, 0.29) is 13.0 Å². The van der Waals surface area contributed by atoms with Gasteiger partial charge in [-0.1, -0.05) is 0 Å². The lowest BCUT2D eigenvalue weighted by atomic mass is 10.5. The summed E-state index contributed by atoms with van der Waals surface area (Å²) in [5.74, 6) is 0.340. The molecule has 0 saturated carbocycles. The van der Waals surface area contributed by atoms with Crippen LogP contribution in [0.3, 0.4) is 0 Å². The van der Waals surface area contributed by atoms with E-state index in [1.165, 1.54) is 0 Å². The van der Waals surface area contributed by atoms with Crippen LogP contribution in [0.2, 0.25) is 0 Å². The van der Waals surface area contributed by atoms with Crippen molar-refractivity contribution in [1.82, 2.24) is 0 Å². The molecule has 0 aliphatic rings. The predicted molar refractivity (Wildman–Crippen MR) is 35.2 cm³/mol. The number of hydrogen-bond donors (Lipinski definition) is 0. The highest BCUT2D eigenvalue weighted by molar-refractivity contribution is 6.31. The van der Waals surface area contributed by atoms with Crippen molar-refractivity contribution >= 4 is 17.6 Å². The van der Waals surface area contributed by atoms with E-state index in [4.69, 9.17) is 6.42 Å². The van der Waals surface area contributed by atoms with Crippen LogP contribution < -0.4 is 0 Å². The monoisotopic (exact) mass is 182 g/mol. The molecule has 0 aromatic heterocycles. The summed E-state index contributed by atoms with van der Waals surface area (Å²) < 4.78 is 27.5. The Morgan fingerprint density at radius 2 is 2.27 bits per heavy atom. The molecule has 0 amide bonds. The first-order chi connectivity index (χ1) is 4.98. The number of rotatable bonds is 3. The maximum atomic E-state index is 11.8. The van der Waals surface area contributed by atoms with Gasteiger partial charge < -0.3 is 4.74 Å². The van der Waals surface area contributed by atoms with E-state index < -0.39 is 11.4 Å². The fourth-order valence-electron chi connectivity index (χ4n) is 0.284. The topological polar surface area (TPSA) is 26.3 Å². The minimum Gasteiger partial charge on any atom is -0.459 e. The standard InChI is InChI=1S/C6H5ClF2O2/c1-2-3-4-11-5(10)6(7,8)9/h1H,3-4H2. The molecule has 11 heavy (non-hydrogen) atoms. The summed E-state index contributed by atoms with van der Waals surface area (Å²) >= 11 is 4.30. The number of halogens is 3. The fraction of sp³-hybridized carbons (Fsp3) is 0.500. The second kappa shape index (κ2) is 4.14. The second-order valence-electron chi connectivity index (χ2n) is 1.59. The summed E-state index contributed by atoms with van der Waals surface area (Å²) in [6.45, 7) is -0.238. The van der Waals surface area contributed by atoms with Gasteiger partial charge in [0.15, 0.2) is 0 Å². The number of carbonyl (C=O) groups excluding carboxylic acids is 1. The molecular weight excluding hydrogens is 178 g/mol. The summed E-state index contributed by atoms with van der Waals surface area (Å²) in [7, 11) is 0. The molecule has 0 aliphatic carbocycles. The van der Waals surface area contributed by atoms with Crippen molar-refractivity contribution in [3.63, 3.8) is 0 Å². The molecule has 0 unspecified atom stereocenters. The highest BCUT2D eigenvalue weighted by atomic mass is 35.5. The average molecular weight is 183 g/mol. The van der Waals surface area contributed by atoms with Crippen LogP contribution in [-0.4, -0.2) is 18.0 Å². The molecule has 0 radical (unpaired) electrons. The molecule has 0 aromatic carbocycles. The van der Waals surface area contributed by atoms with Crippen molar-refractivity contribution in [2.75, 3.05) is 6.61 Å². The zero-order valence-electron chi connectivity index (χ0n) is 5.44. The van der Waals surface area contributed by atoms with E-state index in [1.54, 1.807) is 0 Å². The predicted octanol–water partition coefficient (Wildman–Crippen LogP) is 1.38. The van der Waals surface area contributed by atoms with Gasteiger partial charge in [-0.2, -0.15) is 8.78 Å². The Hall–Kier alpha value is -0.820. The van der Waals surface area contributed by atoms with Gasteiger partial charge >= 0.3 is 11.4 Å². The fourth-order valence-corrected chi connectivity index (χ4v) is 0.339. The molecular formula is C6H5ClF2O2. The van der Waals surface area contributed by atoms with Crippen LogP contribution in [0.4, 0.5) is 8.78 Å². The Labute approximate surface area is 67.5 Å². The molecule has 0 aliphatic heterocycles. The van der Waals surface area contributed by atoms with Crippen LogP contribution in [0.1, 0.15) is 6.42 Å². The van der Waals surface area contributed by atoms with Crippen LogP contribution >= 0.6 is 11.6 Å². The first-order valence-corrected chi connectivity index (χ1v) is 3.03. The van der Waals surface area contributed by atoms with E-state index in [9.17, 15) is 13.6 Å². The summed E-state index contributed by atoms with van der Waals surface area (Å²) in [6, 6.07) is 0. The molecule has 0 fully saturated rings. The van der Waals surface area contributed by atoms with Crippen molar-refractivity contribution in [1.29, 1.82) is 0 Å². The van der Waals surface area contributed by atoms with Gasteiger partial charge in [0.05, 0.1) is 0 Å². The molecule has 2 nitrogen and oxygen atoms in total. The lowest BCUT2D eigenvalue weighted by molar-refractivity contribution is -0.160. The molecule has 0 aromatic rings. The van der Waals surface area contributed by atoms with Gasteiger partial charge in [-0.25, -0.2) is 4.79 Å². The number of terminal acetylenes is 1. The van der Waals surface area contributed by atoms with Crippen molar-refractivity contribution < 1.29 is 18.3 Å². The molecule has 0 saturated heterocycles. The van der Waals surface area contributed by atoms with E-state index in [0.717, 1.165) is 0 Å². The number of esters is 1. The maximum Gasteiger partial charge on any atom is 0.417 e. The first kappa shape index (κ1) is 10.2. The van der Waals surface area contributed by atoms with E-state index in [0.29, 0.717) is 0 Å². The number of alkyl halides is 3.